The molecule has 0 saturated carbocycles. The average molecular weight is 213 g/mol. The summed E-state index contributed by atoms with van der Waals surface area (Å²) in [5.41, 5.74) is 10.3. The minimum atomic E-state index is -0.878. The maximum absolute atomic E-state index is 11.1. The highest BCUT2D eigenvalue weighted by atomic mass is 32.1. The highest BCUT2D eigenvalue weighted by Crippen LogP contribution is 2.10. The van der Waals surface area contributed by atoms with E-state index < -0.39 is 18.0 Å². The first-order valence-electron chi connectivity index (χ1n) is 3.98. The van der Waals surface area contributed by atoms with E-state index in [0.29, 0.717) is 6.42 Å². The van der Waals surface area contributed by atoms with E-state index in [9.17, 15) is 9.59 Å². The third-order valence-corrected chi connectivity index (χ3v) is 2.48. The van der Waals surface area contributed by atoms with Crippen molar-refractivity contribution in [2.75, 3.05) is 0 Å². The van der Waals surface area contributed by atoms with Gasteiger partial charge >= 0.3 is 6.03 Å². The zero-order chi connectivity index (χ0) is 10.6. The van der Waals surface area contributed by atoms with Crippen molar-refractivity contribution in [1.29, 1.82) is 0 Å². The van der Waals surface area contributed by atoms with Gasteiger partial charge in [-0.05, 0) is 11.4 Å². The maximum Gasteiger partial charge on any atom is 0.318 e. The Morgan fingerprint density at radius 2 is 2.29 bits per heavy atom. The lowest BCUT2D eigenvalue weighted by molar-refractivity contribution is -0.121. The molecule has 0 spiro atoms. The number of carbonyl (C=O) groups is 2. The standard InChI is InChI=1S/C8H11N3O2S/c9-6(7(12)11-8(10)13)4-5-2-1-3-14-5/h1-3,6H,4,9H2,(H3,10,11,12,13)/t6-/m0/s1. The van der Waals surface area contributed by atoms with E-state index in [1.807, 2.05) is 22.8 Å². The van der Waals surface area contributed by atoms with Crippen LogP contribution in [0.2, 0.25) is 0 Å². The summed E-state index contributed by atoms with van der Waals surface area (Å²) < 4.78 is 0. The molecule has 3 amide bonds. The van der Waals surface area contributed by atoms with Gasteiger partial charge in [0, 0.05) is 11.3 Å². The van der Waals surface area contributed by atoms with Crippen molar-refractivity contribution in [3.63, 3.8) is 0 Å². The summed E-state index contributed by atoms with van der Waals surface area (Å²) in [6.07, 6.45) is 0.413. The number of urea groups is 1. The zero-order valence-corrected chi connectivity index (χ0v) is 8.21. The number of nitrogens with one attached hydrogen (secondary N) is 1. The van der Waals surface area contributed by atoms with E-state index in [1.54, 1.807) is 0 Å². The summed E-state index contributed by atoms with van der Waals surface area (Å²) in [7, 11) is 0. The first kappa shape index (κ1) is 10.7. The normalized spacial score (nSPS) is 12.1. The highest BCUT2D eigenvalue weighted by Gasteiger charge is 2.15. The molecule has 1 atom stereocenters. The van der Waals surface area contributed by atoms with E-state index in [1.165, 1.54) is 11.3 Å². The van der Waals surface area contributed by atoms with E-state index in [2.05, 4.69) is 0 Å². The van der Waals surface area contributed by atoms with Crippen LogP contribution in [-0.4, -0.2) is 18.0 Å². The summed E-state index contributed by atoms with van der Waals surface area (Å²) in [4.78, 5) is 22.5. The average Bonchev–Trinajstić information content (AvgIpc) is 2.55. The maximum atomic E-state index is 11.1. The van der Waals surface area contributed by atoms with Gasteiger partial charge < -0.3 is 11.5 Å². The molecule has 0 aliphatic heterocycles. The monoisotopic (exact) mass is 213 g/mol. The third-order valence-electron chi connectivity index (χ3n) is 1.58. The fourth-order valence-corrected chi connectivity index (χ4v) is 1.72. The second-order valence-corrected chi connectivity index (χ2v) is 3.78. The molecule has 0 aliphatic rings. The number of hydrogen-bond acceptors (Lipinski definition) is 4. The van der Waals surface area contributed by atoms with Crippen molar-refractivity contribution in [3.8, 4) is 0 Å². The van der Waals surface area contributed by atoms with Crippen LogP contribution in [0.3, 0.4) is 0 Å². The number of rotatable bonds is 3. The Kier molecular flexibility index (Phi) is 3.61. The number of imide groups is 1. The fraction of sp³-hybridized carbons (Fsp3) is 0.250. The predicted molar refractivity (Wildman–Crippen MR) is 53.7 cm³/mol. The van der Waals surface area contributed by atoms with E-state index in [4.69, 9.17) is 11.5 Å². The topological polar surface area (TPSA) is 98.2 Å². The molecule has 0 saturated heterocycles. The van der Waals surface area contributed by atoms with Gasteiger partial charge in [-0.3, -0.25) is 10.1 Å². The highest BCUT2D eigenvalue weighted by molar-refractivity contribution is 7.09. The Morgan fingerprint density at radius 3 is 2.79 bits per heavy atom. The number of carbonyl (C=O) groups excluding carboxylic acids is 2. The van der Waals surface area contributed by atoms with Crippen molar-refractivity contribution in [2.45, 2.75) is 12.5 Å². The molecule has 0 aliphatic carbocycles. The first-order chi connectivity index (χ1) is 6.59. The molecular formula is C8H11N3O2S. The molecule has 14 heavy (non-hydrogen) atoms. The summed E-state index contributed by atoms with van der Waals surface area (Å²) in [6.45, 7) is 0. The van der Waals surface area contributed by atoms with Crippen molar-refractivity contribution in [2.24, 2.45) is 11.5 Å². The molecule has 0 radical (unpaired) electrons. The lowest BCUT2D eigenvalue weighted by Gasteiger charge is -2.08. The van der Waals surface area contributed by atoms with Gasteiger partial charge in [-0.1, -0.05) is 6.07 Å². The minimum Gasteiger partial charge on any atom is -0.351 e. The predicted octanol–water partition coefficient (Wildman–Crippen LogP) is -0.187. The summed E-state index contributed by atoms with van der Waals surface area (Å²) in [6, 6.07) is 2.14. The van der Waals surface area contributed by atoms with Crippen molar-refractivity contribution < 1.29 is 9.59 Å². The SMILES string of the molecule is NC(=O)NC(=O)[C@@H](N)Cc1cccs1. The zero-order valence-electron chi connectivity index (χ0n) is 7.40. The van der Waals surface area contributed by atoms with Crippen LogP contribution in [0.1, 0.15) is 4.88 Å². The van der Waals surface area contributed by atoms with Crippen LogP contribution < -0.4 is 16.8 Å². The largest absolute Gasteiger partial charge is 0.351 e. The minimum absolute atomic E-state index is 0.413. The molecule has 0 aromatic carbocycles. The molecule has 0 bridgehead atoms. The lowest BCUT2D eigenvalue weighted by Crippen LogP contribution is -2.46. The van der Waals surface area contributed by atoms with Crippen molar-refractivity contribution >= 4 is 23.3 Å². The molecule has 6 heteroatoms. The summed E-state index contributed by atoms with van der Waals surface area (Å²) in [5.74, 6) is -0.550. The smallest absolute Gasteiger partial charge is 0.318 e. The van der Waals surface area contributed by atoms with Gasteiger partial charge in [-0.15, -0.1) is 11.3 Å². The van der Waals surface area contributed by atoms with Gasteiger partial charge in [0.1, 0.15) is 0 Å². The molecule has 5 nitrogen and oxygen atoms in total. The van der Waals surface area contributed by atoms with Crippen LogP contribution in [0.25, 0.3) is 0 Å². The number of primary amides is 1. The van der Waals surface area contributed by atoms with E-state index in [-0.39, 0.29) is 0 Å². The van der Waals surface area contributed by atoms with Gasteiger partial charge in [-0.25, -0.2) is 4.79 Å². The Bertz CT molecular complexity index is 323. The Morgan fingerprint density at radius 1 is 1.57 bits per heavy atom. The molecule has 1 heterocycles. The van der Waals surface area contributed by atoms with Gasteiger partial charge in [0.15, 0.2) is 0 Å². The molecule has 1 rings (SSSR count). The Labute approximate surface area is 85.1 Å². The van der Waals surface area contributed by atoms with Crippen molar-refractivity contribution in [1.82, 2.24) is 5.32 Å². The van der Waals surface area contributed by atoms with Gasteiger partial charge in [-0.2, -0.15) is 0 Å². The Hall–Kier alpha value is -1.40. The van der Waals surface area contributed by atoms with E-state index in [0.717, 1.165) is 4.88 Å². The fourth-order valence-electron chi connectivity index (χ4n) is 0.952. The lowest BCUT2D eigenvalue weighted by atomic mass is 10.2. The van der Waals surface area contributed by atoms with Crippen LogP contribution in [0.15, 0.2) is 17.5 Å². The van der Waals surface area contributed by atoms with Crippen LogP contribution >= 0.6 is 11.3 Å². The van der Waals surface area contributed by atoms with Gasteiger partial charge in [0.2, 0.25) is 5.91 Å². The second-order valence-electron chi connectivity index (χ2n) is 2.74. The molecule has 0 fully saturated rings. The molecular weight excluding hydrogens is 202 g/mol. The van der Waals surface area contributed by atoms with E-state index >= 15 is 0 Å². The third kappa shape index (κ3) is 3.15. The summed E-state index contributed by atoms with van der Waals surface area (Å²) in [5, 5.41) is 3.83. The van der Waals surface area contributed by atoms with Gasteiger partial charge in [0.05, 0.1) is 6.04 Å². The number of amides is 3. The first-order valence-corrected chi connectivity index (χ1v) is 4.86. The van der Waals surface area contributed by atoms with Crippen LogP contribution in [-0.2, 0) is 11.2 Å². The van der Waals surface area contributed by atoms with Gasteiger partial charge in [0.25, 0.3) is 0 Å². The quantitative estimate of drug-likeness (QED) is 0.649. The molecule has 1 aromatic heterocycles. The Balaban J connectivity index is 2.46. The van der Waals surface area contributed by atoms with Crippen LogP contribution in [0.5, 0.6) is 0 Å². The number of thiophene rings is 1. The van der Waals surface area contributed by atoms with Crippen LogP contribution in [0.4, 0.5) is 4.79 Å². The molecule has 5 N–H and O–H groups in total. The number of hydrogen-bond donors (Lipinski definition) is 3. The van der Waals surface area contributed by atoms with Crippen LogP contribution in [0, 0.1) is 0 Å². The molecule has 76 valence electrons. The summed E-state index contributed by atoms with van der Waals surface area (Å²) >= 11 is 1.51. The van der Waals surface area contributed by atoms with Crippen molar-refractivity contribution in [3.05, 3.63) is 22.4 Å². The molecule has 1 aromatic rings. The number of nitrogens with two attached hydrogens (primary N) is 2. The molecule has 0 unspecified atom stereocenters. The second kappa shape index (κ2) is 4.73.